The zero-order chi connectivity index (χ0) is 15.4. The zero-order valence-corrected chi connectivity index (χ0v) is 11.8. The smallest absolute Gasteiger partial charge is 0.167 e. The van der Waals surface area contributed by atoms with E-state index in [4.69, 9.17) is 20.5 Å². The van der Waals surface area contributed by atoms with Gasteiger partial charge in [0.2, 0.25) is 0 Å². The van der Waals surface area contributed by atoms with Crippen molar-refractivity contribution in [1.82, 2.24) is 0 Å². The topological polar surface area (TPSA) is 68.3 Å². The molecule has 0 spiro atoms. The van der Waals surface area contributed by atoms with Gasteiger partial charge >= 0.3 is 0 Å². The summed E-state index contributed by atoms with van der Waals surface area (Å²) in [4.78, 5) is 0. The molecule has 2 aromatic rings. The van der Waals surface area contributed by atoms with Crippen LogP contribution < -0.4 is 15.2 Å². The maximum atomic E-state index is 14.0. The normalized spacial score (nSPS) is 11.6. The summed E-state index contributed by atoms with van der Waals surface area (Å²) in [7, 11) is 1.48. The first kappa shape index (κ1) is 14.8. The predicted octanol–water partition coefficient (Wildman–Crippen LogP) is 3.52. The van der Waals surface area contributed by atoms with Crippen molar-refractivity contribution in [2.45, 2.75) is 13.0 Å². The fourth-order valence-electron chi connectivity index (χ4n) is 1.92. The number of ether oxygens (including phenoxy) is 2. The minimum absolute atomic E-state index is 0.0599. The standard InChI is InChI=1S/C16H15FN2O2/c1-10(19)14-4-3-5-15(17)16(14)21-13-7-11(9-18)6-12(8-13)20-2/h3-8,10H,19H2,1-2H3/t10-/m0/s1. The Bertz CT molecular complexity index is 693. The van der Waals surface area contributed by atoms with Crippen LogP contribution in [0.2, 0.25) is 0 Å². The Morgan fingerprint density at radius 2 is 1.95 bits per heavy atom. The third-order valence-corrected chi connectivity index (χ3v) is 2.95. The average Bonchev–Trinajstić information content (AvgIpc) is 2.48. The van der Waals surface area contributed by atoms with Crippen LogP contribution in [0, 0.1) is 17.1 Å². The van der Waals surface area contributed by atoms with E-state index in [2.05, 4.69) is 0 Å². The monoisotopic (exact) mass is 286 g/mol. The van der Waals surface area contributed by atoms with E-state index in [0.29, 0.717) is 22.6 Å². The number of methoxy groups -OCH3 is 1. The highest BCUT2D eigenvalue weighted by Gasteiger charge is 2.14. The van der Waals surface area contributed by atoms with E-state index in [-0.39, 0.29) is 11.8 Å². The third-order valence-electron chi connectivity index (χ3n) is 2.95. The van der Waals surface area contributed by atoms with E-state index in [1.807, 2.05) is 6.07 Å². The number of hydrogen-bond donors (Lipinski definition) is 1. The predicted molar refractivity (Wildman–Crippen MR) is 76.8 cm³/mol. The number of hydrogen-bond acceptors (Lipinski definition) is 4. The molecule has 0 radical (unpaired) electrons. The summed E-state index contributed by atoms with van der Waals surface area (Å²) in [6, 6.07) is 10.9. The number of para-hydroxylation sites is 1. The maximum Gasteiger partial charge on any atom is 0.167 e. The van der Waals surface area contributed by atoms with E-state index in [1.54, 1.807) is 31.2 Å². The average molecular weight is 286 g/mol. The molecule has 108 valence electrons. The molecule has 0 saturated heterocycles. The number of nitriles is 1. The maximum absolute atomic E-state index is 14.0. The lowest BCUT2D eigenvalue weighted by Gasteiger charge is -2.15. The number of rotatable bonds is 4. The van der Waals surface area contributed by atoms with Crippen LogP contribution in [0.5, 0.6) is 17.2 Å². The van der Waals surface area contributed by atoms with Gasteiger partial charge in [-0.15, -0.1) is 0 Å². The molecule has 0 unspecified atom stereocenters. The minimum Gasteiger partial charge on any atom is -0.497 e. The lowest BCUT2D eigenvalue weighted by molar-refractivity contribution is 0.403. The first-order valence-corrected chi connectivity index (χ1v) is 6.36. The van der Waals surface area contributed by atoms with Gasteiger partial charge in [0.15, 0.2) is 11.6 Å². The van der Waals surface area contributed by atoms with E-state index in [0.717, 1.165) is 0 Å². The number of nitrogens with two attached hydrogens (primary N) is 1. The Hall–Kier alpha value is -2.58. The van der Waals surface area contributed by atoms with Gasteiger partial charge in [0.25, 0.3) is 0 Å². The highest BCUT2D eigenvalue weighted by atomic mass is 19.1. The van der Waals surface area contributed by atoms with Crippen molar-refractivity contribution in [3.63, 3.8) is 0 Å². The molecule has 0 aromatic heterocycles. The van der Waals surface area contributed by atoms with E-state index in [9.17, 15) is 4.39 Å². The molecular weight excluding hydrogens is 271 g/mol. The van der Waals surface area contributed by atoms with Crippen LogP contribution in [-0.4, -0.2) is 7.11 Å². The van der Waals surface area contributed by atoms with Crippen molar-refractivity contribution in [2.24, 2.45) is 5.73 Å². The van der Waals surface area contributed by atoms with Gasteiger partial charge in [0.1, 0.15) is 11.5 Å². The lowest BCUT2D eigenvalue weighted by Crippen LogP contribution is -2.07. The van der Waals surface area contributed by atoms with Gasteiger partial charge in [-0.3, -0.25) is 0 Å². The second-order valence-corrected chi connectivity index (χ2v) is 4.56. The zero-order valence-electron chi connectivity index (χ0n) is 11.8. The fourth-order valence-corrected chi connectivity index (χ4v) is 1.92. The highest BCUT2D eigenvalue weighted by Crippen LogP contribution is 2.33. The van der Waals surface area contributed by atoms with E-state index in [1.165, 1.54) is 19.2 Å². The van der Waals surface area contributed by atoms with Gasteiger partial charge in [-0.25, -0.2) is 4.39 Å². The second-order valence-electron chi connectivity index (χ2n) is 4.56. The first-order valence-electron chi connectivity index (χ1n) is 6.36. The summed E-state index contributed by atoms with van der Waals surface area (Å²) in [6.07, 6.45) is 0. The summed E-state index contributed by atoms with van der Waals surface area (Å²) in [5.41, 5.74) is 6.74. The third kappa shape index (κ3) is 3.30. The summed E-state index contributed by atoms with van der Waals surface area (Å²) in [6.45, 7) is 1.74. The quantitative estimate of drug-likeness (QED) is 0.933. The fraction of sp³-hybridized carbons (Fsp3) is 0.188. The van der Waals surface area contributed by atoms with Crippen LogP contribution in [0.4, 0.5) is 4.39 Å². The van der Waals surface area contributed by atoms with Gasteiger partial charge in [-0.05, 0) is 25.1 Å². The molecule has 0 amide bonds. The SMILES string of the molecule is COc1cc(C#N)cc(Oc2c(F)cccc2[C@H](C)N)c1. The van der Waals surface area contributed by atoms with Crippen molar-refractivity contribution in [3.8, 4) is 23.3 Å². The van der Waals surface area contributed by atoms with E-state index >= 15 is 0 Å². The molecule has 21 heavy (non-hydrogen) atoms. The molecule has 2 rings (SSSR count). The van der Waals surface area contributed by atoms with Gasteiger partial charge in [0, 0.05) is 17.7 Å². The van der Waals surface area contributed by atoms with Crippen LogP contribution in [-0.2, 0) is 0 Å². The first-order chi connectivity index (χ1) is 10.0. The second kappa shape index (κ2) is 6.25. The molecule has 0 aliphatic carbocycles. The van der Waals surface area contributed by atoms with Crippen molar-refractivity contribution in [3.05, 3.63) is 53.3 Å². The molecule has 0 aliphatic rings. The van der Waals surface area contributed by atoms with Crippen LogP contribution in [0.1, 0.15) is 24.1 Å². The Labute approximate surface area is 122 Å². The van der Waals surface area contributed by atoms with Crippen molar-refractivity contribution < 1.29 is 13.9 Å². The number of benzene rings is 2. The van der Waals surface area contributed by atoms with Gasteiger partial charge < -0.3 is 15.2 Å². The molecule has 4 nitrogen and oxygen atoms in total. The van der Waals surface area contributed by atoms with Crippen molar-refractivity contribution >= 4 is 0 Å². The molecular formula is C16H15FN2O2. The summed E-state index contributed by atoms with van der Waals surface area (Å²) >= 11 is 0. The number of halogens is 1. The minimum atomic E-state index is -0.508. The van der Waals surface area contributed by atoms with Crippen molar-refractivity contribution in [1.29, 1.82) is 5.26 Å². The van der Waals surface area contributed by atoms with Gasteiger partial charge in [0.05, 0.1) is 18.7 Å². The summed E-state index contributed by atoms with van der Waals surface area (Å²) in [5.74, 6) is 0.330. The molecule has 2 N–H and O–H groups in total. The number of nitrogens with zero attached hydrogens (tertiary/aromatic N) is 1. The van der Waals surface area contributed by atoms with E-state index < -0.39 is 5.82 Å². The van der Waals surface area contributed by atoms with Crippen molar-refractivity contribution in [2.75, 3.05) is 7.11 Å². The molecule has 0 heterocycles. The van der Waals surface area contributed by atoms with Crippen LogP contribution >= 0.6 is 0 Å². The summed E-state index contributed by atoms with van der Waals surface area (Å²) < 4.78 is 24.7. The van der Waals surface area contributed by atoms with Crippen LogP contribution in [0.25, 0.3) is 0 Å². The Morgan fingerprint density at radius 1 is 1.24 bits per heavy atom. The molecule has 2 aromatic carbocycles. The Kier molecular flexibility index (Phi) is 4.41. The molecule has 0 saturated carbocycles. The molecule has 0 fully saturated rings. The molecule has 0 bridgehead atoms. The Morgan fingerprint density at radius 3 is 2.57 bits per heavy atom. The van der Waals surface area contributed by atoms with Gasteiger partial charge in [-0.1, -0.05) is 12.1 Å². The molecule has 1 atom stereocenters. The van der Waals surface area contributed by atoms with Gasteiger partial charge in [-0.2, -0.15) is 5.26 Å². The molecule has 5 heteroatoms. The largest absolute Gasteiger partial charge is 0.497 e. The Balaban J connectivity index is 2.45. The van der Waals surface area contributed by atoms with Crippen LogP contribution in [0.3, 0.4) is 0 Å². The molecule has 0 aliphatic heterocycles. The lowest BCUT2D eigenvalue weighted by atomic mass is 10.1. The summed E-state index contributed by atoms with van der Waals surface area (Å²) in [5, 5.41) is 8.99. The van der Waals surface area contributed by atoms with Crippen LogP contribution in [0.15, 0.2) is 36.4 Å². The highest BCUT2D eigenvalue weighted by molar-refractivity contribution is 5.47.